The molecular formula is C19H28N2O3. The van der Waals surface area contributed by atoms with Crippen LogP contribution in [-0.2, 0) is 0 Å². The number of methoxy groups -OCH3 is 2. The Morgan fingerprint density at radius 3 is 2.58 bits per heavy atom. The lowest BCUT2D eigenvalue weighted by Crippen LogP contribution is -2.45. The molecule has 0 aromatic heterocycles. The maximum Gasteiger partial charge on any atom is 0.318 e. The van der Waals surface area contributed by atoms with Crippen LogP contribution in [0.15, 0.2) is 18.2 Å². The van der Waals surface area contributed by atoms with Gasteiger partial charge >= 0.3 is 6.03 Å². The highest BCUT2D eigenvalue weighted by Gasteiger charge is 2.33. The molecule has 132 valence electrons. The molecule has 0 unspecified atom stereocenters. The van der Waals surface area contributed by atoms with Crippen LogP contribution < -0.4 is 14.8 Å². The molecule has 2 fully saturated rings. The second-order valence-electron chi connectivity index (χ2n) is 6.74. The number of hydrogen-bond acceptors (Lipinski definition) is 3. The Kier molecular flexibility index (Phi) is 5.48. The number of rotatable bonds is 4. The Hall–Kier alpha value is -1.91. The van der Waals surface area contributed by atoms with E-state index in [2.05, 4.69) is 5.32 Å². The molecule has 1 aliphatic heterocycles. The van der Waals surface area contributed by atoms with Gasteiger partial charge in [0.05, 0.1) is 20.3 Å². The predicted octanol–water partition coefficient (Wildman–Crippen LogP) is 3.88. The number of nitrogens with zero attached hydrogens (tertiary/aromatic N) is 1. The molecule has 2 amide bonds. The highest BCUT2D eigenvalue weighted by molar-refractivity contribution is 5.75. The van der Waals surface area contributed by atoms with E-state index in [1.54, 1.807) is 14.2 Å². The van der Waals surface area contributed by atoms with Crippen LogP contribution in [0.3, 0.4) is 0 Å². The van der Waals surface area contributed by atoms with Gasteiger partial charge in [-0.15, -0.1) is 0 Å². The summed E-state index contributed by atoms with van der Waals surface area (Å²) >= 11 is 0. The molecule has 1 saturated heterocycles. The van der Waals surface area contributed by atoms with Gasteiger partial charge in [-0.2, -0.15) is 0 Å². The van der Waals surface area contributed by atoms with Gasteiger partial charge in [-0.1, -0.05) is 19.3 Å². The smallest absolute Gasteiger partial charge is 0.318 e. The van der Waals surface area contributed by atoms with Gasteiger partial charge in [-0.3, -0.25) is 0 Å². The molecule has 0 bridgehead atoms. The molecule has 1 heterocycles. The van der Waals surface area contributed by atoms with E-state index in [-0.39, 0.29) is 12.1 Å². The average Bonchev–Trinajstić information content (AvgIpc) is 3.11. The zero-order valence-electron chi connectivity index (χ0n) is 14.7. The molecule has 1 saturated carbocycles. The van der Waals surface area contributed by atoms with Gasteiger partial charge in [0.25, 0.3) is 0 Å². The number of amides is 2. The predicted molar refractivity (Wildman–Crippen MR) is 93.6 cm³/mol. The van der Waals surface area contributed by atoms with E-state index in [9.17, 15) is 4.79 Å². The van der Waals surface area contributed by atoms with E-state index in [1.165, 1.54) is 19.3 Å². The molecule has 2 aliphatic rings. The summed E-state index contributed by atoms with van der Waals surface area (Å²) in [5.74, 6) is 1.61. The highest BCUT2D eigenvalue weighted by Crippen LogP contribution is 2.39. The number of carbonyl (C=O) groups excluding carboxylic acids is 1. The molecule has 1 aromatic carbocycles. The van der Waals surface area contributed by atoms with E-state index >= 15 is 0 Å². The Bertz CT molecular complexity index is 570. The summed E-state index contributed by atoms with van der Waals surface area (Å²) in [7, 11) is 3.33. The Labute approximate surface area is 144 Å². The topological polar surface area (TPSA) is 50.8 Å². The van der Waals surface area contributed by atoms with Gasteiger partial charge in [0, 0.05) is 18.2 Å². The monoisotopic (exact) mass is 332 g/mol. The zero-order valence-corrected chi connectivity index (χ0v) is 14.7. The fourth-order valence-corrected chi connectivity index (χ4v) is 3.94. The number of ether oxygens (including phenoxy) is 2. The number of carbonyl (C=O) groups is 1. The van der Waals surface area contributed by atoms with Crippen LogP contribution in [0.5, 0.6) is 11.5 Å². The van der Waals surface area contributed by atoms with Crippen molar-refractivity contribution in [2.45, 2.75) is 57.0 Å². The van der Waals surface area contributed by atoms with Crippen LogP contribution in [0.2, 0.25) is 0 Å². The second kappa shape index (κ2) is 7.77. The van der Waals surface area contributed by atoms with Crippen LogP contribution in [0.1, 0.15) is 56.6 Å². The number of benzene rings is 1. The van der Waals surface area contributed by atoms with E-state index in [0.29, 0.717) is 6.04 Å². The van der Waals surface area contributed by atoms with Crippen molar-refractivity contribution >= 4 is 6.03 Å². The first-order valence-electron chi connectivity index (χ1n) is 9.02. The number of nitrogens with one attached hydrogen (secondary N) is 1. The van der Waals surface area contributed by atoms with Crippen molar-refractivity contribution in [2.24, 2.45) is 0 Å². The van der Waals surface area contributed by atoms with E-state index in [0.717, 1.165) is 49.3 Å². The van der Waals surface area contributed by atoms with Gasteiger partial charge in [0.15, 0.2) is 0 Å². The van der Waals surface area contributed by atoms with Crippen molar-refractivity contribution in [1.29, 1.82) is 0 Å². The fourth-order valence-electron chi connectivity index (χ4n) is 3.94. The summed E-state index contributed by atoms with van der Waals surface area (Å²) < 4.78 is 10.9. The first-order chi connectivity index (χ1) is 11.7. The van der Waals surface area contributed by atoms with Gasteiger partial charge < -0.3 is 19.7 Å². The molecule has 3 rings (SSSR count). The summed E-state index contributed by atoms with van der Waals surface area (Å²) in [6, 6.07) is 6.26. The minimum absolute atomic E-state index is 0.0543. The third-order valence-electron chi connectivity index (χ3n) is 5.24. The first kappa shape index (κ1) is 16.9. The third-order valence-corrected chi connectivity index (χ3v) is 5.24. The summed E-state index contributed by atoms with van der Waals surface area (Å²) in [6.07, 6.45) is 7.92. The molecule has 1 aliphatic carbocycles. The highest BCUT2D eigenvalue weighted by atomic mass is 16.5. The maximum absolute atomic E-state index is 12.8. The van der Waals surface area contributed by atoms with Crippen molar-refractivity contribution in [3.8, 4) is 11.5 Å². The molecular weight excluding hydrogens is 304 g/mol. The van der Waals surface area contributed by atoms with Crippen LogP contribution >= 0.6 is 0 Å². The molecule has 5 heteroatoms. The quantitative estimate of drug-likeness (QED) is 0.910. The number of hydrogen-bond donors (Lipinski definition) is 1. The number of likely N-dealkylation sites (tertiary alicyclic amines) is 1. The molecule has 1 N–H and O–H groups in total. The first-order valence-corrected chi connectivity index (χ1v) is 9.02. The van der Waals surface area contributed by atoms with Crippen LogP contribution in [0.4, 0.5) is 4.79 Å². The lowest BCUT2D eigenvalue weighted by molar-refractivity contribution is 0.184. The lowest BCUT2D eigenvalue weighted by Gasteiger charge is -2.30. The Morgan fingerprint density at radius 2 is 1.88 bits per heavy atom. The van der Waals surface area contributed by atoms with Crippen molar-refractivity contribution < 1.29 is 14.3 Å². The number of urea groups is 1. The minimum Gasteiger partial charge on any atom is -0.497 e. The van der Waals surface area contributed by atoms with Gasteiger partial charge in [0.2, 0.25) is 0 Å². The van der Waals surface area contributed by atoms with Gasteiger partial charge in [-0.05, 0) is 43.9 Å². The lowest BCUT2D eigenvalue weighted by atomic mass is 9.95. The Balaban J connectivity index is 1.76. The zero-order chi connectivity index (χ0) is 16.9. The largest absolute Gasteiger partial charge is 0.497 e. The molecule has 0 radical (unpaired) electrons. The second-order valence-corrected chi connectivity index (χ2v) is 6.74. The van der Waals surface area contributed by atoms with Gasteiger partial charge in [0.1, 0.15) is 11.5 Å². The van der Waals surface area contributed by atoms with Crippen molar-refractivity contribution in [3.63, 3.8) is 0 Å². The summed E-state index contributed by atoms with van der Waals surface area (Å²) in [5.41, 5.74) is 1.04. The van der Waals surface area contributed by atoms with Crippen molar-refractivity contribution in [1.82, 2.24) is 10.2 Å². The van der Waals surface area contributed by atoms with E-state index in [1.807, 2.05) is 23.1 Å². The van der Waals surface area contributed by atoms with Crippen LogP contribution in [-0.4, -0.2) is 37.7 Å². The maximum atomic E-state index is 12.8. The SMILES string of the molecule is COc1ccc(OC)c([C@H]2CCCN2C(=O)NC2CCCCC2)c1. The minimum atomic E-state index is 0.0543. The molecule has 24 heavy (non-hydrogen) atoms. The van der Waals surface area contributed by atoms with Gasteiger partial charge in [-0.25, -0.2) is 4.79 Å². The fraction of sp³-hybridized carbons (Fsp3) is 0.632. The standard InChI is InChI=1S/C19H28N2O3/c1-23-15-10-11-18(24-2)16(13-15)17-9-6-12-21(17)19(22)20-14-7-4-3-5-8-14/h10-11,13-14,17H,3-9,12H2,1-2H3,(H,20,22)/t17-/m1/s1. The van der Waals surface area contributed by atoms with Crippen LogP contribution in [0.25, 0.3) is 0 Å². The normalized spacial score (nSPS) is 21.6. The molecule has 1 aromatic rings. The molecule has 1 atom stereocenters. The molecule has 0 spiro atoms. The summed E-state index contributed by atoms with van der Waals surface area (Å²) in [5, 5.41) is 3.24. The van der Waals surface area contributed by atoms with Crippen LogP contribution in [0, 0.1) is 0 Å². The molecule has 5 nitrogen and oxygen atoms in total. The third kappa shape index (κ3) is 3.60. The van der Waals surface area contributed by atoms with Crippen molar-refractivity contribution in [3.05, 3.63) is 23.8 Å². The van der Waals surface area contributed by atoms with E-state index < -0.39 is 0 Å². The Morgan fingerprint density at radius 1 is 1.08 bits per heavy atom. The average molecular weight is 332 g/mol. The van der Waals surface area contributed by atoms with E-state index in [4.69, 9.17) is 9.47 Å². The van der Waals surface area contributed by atoms with Crippen molar-refractivity contribution in [2.75, 3.05) is 20.8 Å². The summed E-state index contributed by atoms with van der Waals surface area (Å²) in [6.45, 7) is 0.795. The summed E-state index contributed by atoms with van der Waals surface area (Å²) in [4.78, 5) is 14.8.